The van der Waals surface area contributed by atoms with E-state index in [2.05, 4.69) is 10.6 Å². The number of anilines is 1. The van der Waals surface area contributed by atoms with Gasteiger partial charge in [0.05, 0.1) is 29.4 Å². The molecule has 2 N–H and O–H groups in total. The van der Waals surface area contributed by atoms with E-state index in [0.29, 0.717) is 22.3 Å². The fourth-order valence-corrected chi connectivity index (χ4v) is 2.45. The van der Waals surface area contributed by atoms with Gasteiger partial charge in [0.15, 0.2) is 0 Å². The molecule has 0 fully saturated rings. The summed E-state index contributed by atoms with van der Waals surface area (Å²) in [5.74, 6) is 0.564. The highest BCUT2D eigenvalue weighted by Crippen LogP contribution is 2.29. The molecule has 0 aliphatic heterocycles. The van der Waals surface area contributed by atoms with Crippen LogP contribution in [0, 0.1) is 0 Å². The third-order valence-electron chi connectivity index (χ3n) is 3.02. The molecular formula is C16H16Cl2N2O2. The number of carbonyl (C=O) groups is 1. The van der Waals surface area contributed by atoms with Crippen LogP contribution in [0.2, 0.25) is 10.0 Å². The van der Waals surface area contributed by atoms with Crippen LogP contribution in [0.4, 0.5) is 5.69 Å². The second-order valence-corrected chi connectivity index (χ2v) is 5.37. The van der Waals surface area contributed by atoms with Gasteiger partial charge in [0.25, 0.3) is 0 Å². The van der Waals surface area contributed by atoms with Crippen molar-refractivity contribution in [3.05, 3.63) is 58.1 Å². The van der Waals surface area contributed by atoms with E-state index in [4.69, 9.17) is 27.9 Å². The van der Waals surface area contributed by atoms with Gasteiger partial charge in [0, 0.05) is 12.1 Å². The van der Waals surface area contributed by atoms with Crippen molar-refractivity contribution in [2.45, 2.75) is 6.54 Å². The molecule has 2 rings (SSSR count). The molecule has 0 spiro atoms. The highest BCUT2D eigenvalue weighted by atomic mass is 35.5. The minimum absolute atomic E-state index is 0.138. The van der Waals surface area contributed by atoms with E-state index in [1.165, 1.54) is 0 Å². The standard InChI is InChI=1S/C16H16Cl2N2O2/c1-22-14-8-3-2-5-11(14)9-19-10-15(21)20-16-12(17)6-4-7-13(16)18/h2-8,19H,9-10H2,1H3,(H,20,21). The van der Waals surface area contributed by atoms with Crippen LogP contribution in [-0.2, 0) is 11.3 Å². The Labute approximate surface area is 139 Å². The van der Waals surface area contributed by atoms with E-state index < -0.39 is 0 Å². The van der Waals surface area contributed by atoms with Crippen molar-refractivity contribution in [2.24, 2.45) is 0 Å². The van der Waals surface area contributed by atoms with Gasteiger partial charge in [-0.3, -0.25) is 4.79 Å². The number of carbonyl (C=O) groups excluding carboxylic acids is 1. The second-order valence-electron chi connectivity index (χ2n) is 4.56. The summed E-state index contributed by atoms with van der Waals surface area (Å²) in [6, 6.07) is 12.7. The molecule has 0 aliphatic rings. The molecule has 0 aliphatic carbocycles. The minimum Gasteiger partial charge on any atom is -0.496 e. The Morgan fingerprint density at radius 3 is 2.45 bits per heavy atom. The Kier molecular flexibility index (Phi) is 6.07. The zero-order chi connectivity index (χ0) is 15.9. The number of rotatable bonds is 6. The molecule has 0 unspecified atom stereocenters. The van der Waals surface area contributed by atoms with E-state index in [0.717, 1.165) is 11.3 Å². The molecule has 2 aromatic rings. The van der Waals surface area contributed by atoms with Gasteiger partial charge in [-0.25, -0.2) is 0 Å². The second kappa shape index (κ2) is 8.03. The van der Waals surface area contributed by atoms with Gasteiger partial charge in [0.1, 0.15) is 5.75 Å². The summed E-state index contributed by atoms with van der Waals surface area (Å²) in [5, 5.41) is 6.57. The molecule has 0 saturated heterocycles. The minimum atomic E-state index is -0.218. The maximum absolute atomic E-state index is 11.9. The molecule has 6 heteroatoms. The normalized spacial score (nSPS) is 10.3. The number of halogens is 2. The average molecular weight is 339 g/mol. The van der Waals surface area contributed by atoms with Crippen molar-refractivity contribution < 1.29 is 9.53 Å². The Hall–Kier alpha value is -1.75. The number of amides is 1. The van der Waals surface area contributed by atoms with Crippen LogP contribution in [-0.4, -0.2) is 19.6 Å². The first-order valence-electron chi connectivity index (χ1n) is 6.68. The Balaban J connectivity index is 1.88. The van der Waals surface area contributed by atoms with Crippen molar-refractivity contribution in [1.29, 1.82) is 0 Å². The molecular weight excluding hydrogens is 323 g/mol. The van der Waals surface area contributed by atoms with Crippen molar-refractivity contribution in [2.75, 3.05) is 19.0 Å². The predicted octanol–water partition coefficient (Wildman–Crippen LogP) is 3.73. The van der Waals surface area contributed by atoms with Crippen molar-refractivity contribution in [3.63, 3.8) is 0 Å². The number of hydrogen-bond acceptors (Lipinski definition) is 3. The molecule has 22 heavy (non-hydrogen) atoms. The van der Waals surface area contributed by atoms with Gasteiger partial charge in [-0.05, 0) is 18.2 Å². The first kappa shape index (κ1) is 16.6. The van der Waals surface area contributed by atoms with Gasteiger partial charge in [-0.2, -0.15) is 0 Å². The van der Waals surface area contributed by atoms with Crippen LogP contribution < -0.4 is 15.4 Å². The molecule has 0 radical (unpaired) electrons. The monoisotopic (exact) mass is 338 g/mol. The molecule has 116 valence electrons. The van der Waals surface area contributed by atoms with Crippen molar-refractivity contribution in [1.82, 2.24) is 5.32 Å². The van der Waals surface area contributed by atoms with Crippen LogP contribution >= 0.6 is 23.2 Å². The molecule has 0 saturated carbocycles. The Morgan fingerprint density at radius 1 is 1.09 bits per heavy atom. The Morgan fingerprint density at radius 2 is 1.77 bits per heavy atom. The number of hydrogen-bond donors (Lipinski definition) is 2. The summed E-state index contributed by atoms with van der Waals surface area (Å²) >= 11 is 12.0. The highest BCUT2D eigenvalue weighted by molar-refractivity contribution is 6.39. The number of nitrogens with one attached hydrogen (secondary N) is 2. The van der Waals surface area contributed by atoms with Crippen LogP contribution in [0.3, 0.4) is 0 Å². The molecule has 0 heterocycles. The zero-order valence-electron chi connectivity index (χ0n) is 12.0. The summed E-state index contributed by atoms with van der Waals surface area (Å²) in [6.45, 7) is 0.660. The maximum Gasteiger partial charge on any atom is 0.238 e. The molecule has 0 atom stereocenters. The molecule has 0 aromatic heterocycles. The van der Waals surface area contributed by atoms with Gasteiger partial charge < -0.3 is 15.4 Å². The lowest BCUT2D eigenvalue weighted by molar-refractivity contribution is -0.115. The summed E-state index contributed by atoms with van der Waals surface area (Å²) < 4.78 is 5.25. The summed E-state index contributed by atoms with van der Waals surface area (Å²) in [4.78, 5) is 11.9. The van der Waals surface area contributed by atoms with Crippen molar-refractivity contribution in [3.8, 4) is 5.75 Å². The van der Waals surface area contributed by atoms with Crippen LogP contribution in [0.25, 0.3) is 0 Å². The average Bonchev–Trinajstić information content (AvgIpc) is 2.51. The molecule has 0 bridgehead atoms. The highest BCUT2D eigenvalue weighted by Gasteiger charge is 2.09. The van der Waals surface area contributed by atoms with Gasteiger partial charge in [-0.15, -0.1) is 0 Å². The van der Waals surface area contributed by atoms with E-state index in [9.17, 15) is 4.79 Å². The van der Waals surface area contributed by atoms with E-state index in [1.54, 1.807) is 25.3 Å². The van der Waals surface area contributed by atoms with Gasteiger partial charge >= 0.3 is 0 Å². The number of methoxy groups -OCH3 is 1. The Bertz CT molecular complexity index is 642. The first-order chi connectivity index (χ1) is 10.6. The first-order valence-corrected chi connectivity index (χ1v) is 7.44. The lowest BCUT2D eigenvalue weighted by Gasteiger charge is -2.11. The fourth-order valence-electron chi connectivity index (χ4n) is 1.96. The predicted molar refractivity (Wildman–Crippen MR) is 89.8 cm³/mol. The lowest BCUT2D eigenvalue weighted by atomic mass is 10.2. The number of ether oxygens (including phenoxy) is 1. The SMILES string of the molecule is COc1ccccc1CNCC(=O)Nc1c(Cl)cccc1Cl. The quantitative estimate of drug-likeness (QED) is 0.843. The maximum atomic E-state index is 11.9. The topological polar surface area (TPSA) is 50.4 Å². The summed E-state index contributed by atoms with van der Waals surface area (Å²) in [5.41, 5.74) is 1.41. The van der Waals surface area contributed by atoms with Crippen LogP contribution in [0.1, 0.15) is 5.56 Å². The van der Waals surface area contributed by atoms with E-state index in [-0.39, 0.29) is 12.5 Å². The molecule has 2 aromatic carbocycles. The largest absolute Gasteiger partial charge is 0.496 e. The number of para-hydroxylation sites is 2. The smallest absolute Gasteiger partial charge is 0.238 e. The molecule has 4 nitrogen and oxygen atoms in total. The summed E-state index contributed by atoms with van der Waals surface area (Å²) in [6.07, 6.45) is 0. The van der Waals surface area contributed by atoms with Crippen LogP contribution in [0.15, 0.2) is 42.5 Å². The van der Waals surface area contributed by atoms with Crippen LogP contribution in [0.5, 0.6) is 5.75 Å². The summed E-state index contributed by atoms with van der Waals surface area (Å²) in [7, 11) is 1.62. The van der Waals surface area contributed by atoms with Gasteiger partial charge in [0.2, 0.25) is 5.91 Å². The van der Waals surface area contributed by atoms with E-state index in [1.807, 2.05) is 24.3 Å². The third kappa shape index (κ3) is 4.37. The fraction of sp³-hybridized carbons (Fsp3) is 0.188. The molecule has 1 amide bonds. The lowest BCUT2D eigenvalue weighted by Crippen LogP contribution is -2.28. The van der Waals surface area contributed by atoms with Crippen molar-refractivity contribution >= 4 is 34.8 Å². The third-order valence-corrected chi connectivity index (χ3v) is 3.65. The zero-order valence-corrected chi connectivity index (χ0v) is 13.5. The number of benzene rings is 2. The van der Waals surface area contributed by atoms with Gasteiger partial charge in [-0.1, -0.05) is 47.5 Å². The van der Waals surface area contributed by atoms with E-state index >= 15 is 0 Å².